The monoisotopic (exact) mass is 505 g/mol. The number of piperidine rings is 1. The third-order valence-corrected chi connectivity index (χ3v) is 8.30. The van der Waals surface area contributed by atoms with Crippen molar-refractivity contribution < 1.29 is 14.3 Å². The van der Waals surface area contributed by atoms with E-state index in [4.69, 9.17) is 4.74 Å². The molecule has 3 aliphatic heterocycles. The van der Waals surface area contributed by atoms with E-state index in [2.05, 4.69) is 39.3 Å². The van der Waals surface area contributed by atoms with Crippen molar-refractivity contribution in [3.8, 4) is 5.75 Å². The molecule has 5 rings (SSSR count). The number of likely N-dealkylation sites (N-methyl/N-ethyl adjacent to an activating group) is 1. The molecule has 8 heteroatoms. The van der Waals surface area contributed by atoms with Crippen LogP contribution in [0, 0.1) is 6.92 Å². The van der Waals surface area contributed by atoms with E-state index in [0.29, 0.717) is 36.4 Å². The van der Waals surface area contributed by atoms with Crippen molar-refractivity contribution in [1.29, 1.82) is 0 Å². The molecule has 3 aliphatic rings. The first-order valence-corrected chi connectivity index (χ1v) is 13.8. The second-order valence-corrected chi connectivity index (χ2v) is 10.4. The summed E-state index contributed by atoms with van der Waals surface area (Å²) in [5.74, 6) is 1.71. The zero-order valence-corrected chi connectivity index (χ0v) is 22.3. The maximum atomic E-state index is 13.1. The van der Waals surface area contributed by atoms with Gasteiger partial charge in [0.1, 0.15) is 11.6 Å². The highest BCUT2D eigenvalue weighted by Crippen LogP contribution is 2.39. The number of nitrogens with one attached hydrogen (secondary N) is 2. The quantitative estimate of drug-likeness (QED) is 0.544. The van der Waals surface area contributed by atoms with Gasteiger partial charge >= 0.3 is 0 Å². The van der Waals surface area contributed by atoms with Gasteiger partial charge in [-0.1, -0.05) is 19.9 Å². The van der Waals surface area contributed by atoms with E-state index in [1.165, 1.54) is 5.56 Å². The lowest BCUT2D eigenvalue weighted by Crippen LogP contribution is -2.50. The van der Waals surface area contributed by atoms with Gasteiger partial charge in [-0.25, -0.2) is 4.98 Å². The average molecular weight is 506 g/mol. The van der Waals surface area contributed by atoms with Crippen LogP contribution in [0.3, 0.4) is 0 Å². The Morgan fingerprint density at radius 3 is 2.51 bits per heavy atom. The number of amides is 2. The summed E-state index contributed by atoms with van der Waals surface area (Å²) in [6, 6.07) is 8.64. The molecule has 4 heterocycles. The van der Waals surface area contributed by atoms with Crippen LogP contribution in [-0.4, -0.2) is 72.6 Å². The van der Waals surface area contributed by atoms with Crippen molar-refractivity contribution in [1.82, 2.24) is 20.5 Å². The Balaban J connectivity index is 1.17. The third kappa shape index (κ3) is 5.30. The van der Waals surface area contributed by atoms with Gasteiger partial charge in [-0.2, -0.15) is 0 Å². The van der Waals surface area contributed by atoms with Gasteiger partial charge in [0.15, 0.2) is 0 Å². The Kier molecular flexibility index (Phi) is 7.65. The topological polar surface area (TPSA) is 86.8 Å². The van der Waals surface area contributed by atoms with Crippen LogP contribution in [0.25, 0.3) is 0 Å². The summed E-state index contributed by atoms with van der Waals surface area (Å²) in [4.78, 5) is 35.0. The van der Waals surface area contributed by atoms with E-state index in [9.17, 15) is 9.59 Å². The first-order chi connectivity index (χ1) is 18.0. The van der Waals surface area contributed by atoms with Gasteiger partial charge in [0.2, 0.25) is 0 Å². The molecule has 2 amide bonds. The molecule has 2 bridgehead atoms. The summed E-state index contributed by atoms with van der Waals surface area (Å²) in [6.07, 6.45) is 6.59. The molecule has 8 nitrogen and oxygen atoms in total. The number of rotatable bonds is 9. The van der Waals surface area contributed by atoms with Gasteiger partial charge in [-0.05, 0) is 69.5 Å². The van der Waals surface area contributed by atoms with Gasteiger partial charge in [-0.15, -0.1) is 0 Å². The minimum absolute atomic E-state index is 0.0110. The zero-order chi connectivity index (χ0) is 25.9. The molecule has 2 saturated heterocycles. The van der Waals surface area contributed by atoms with Crippen LogP contribution in [0.5, 0.6) is 5.75 Å². The number of hydrogen-bond acceptors (Lipinski definition) is 6. The van der Waals surface area contributed by atoms with Crippen LogP contribution < -0.4 is 20.3 Å². The molecule has 2 unspecified atom stereocenters. The molecule has 0 saturated carbocycles. The zero-order valence-electron chi connectivity index (χ0n) is 22.3. The number of nitrogens with zero attached hydrogens (tertiary/aromatic N) is 3. The number of carbonyl (C=O) groups is 2. The van der Waals surface area contributed by atoms with Crippen molar-refractivity contribution in [2.24, 2.45) is 0 Å². The number of anilines is 1. The minimum atomic E-state index is -0.0807. The highest BCUT2D eigenvalue weighted by atomic mass is 16.5. The lowest BCUT2D eigenvalue weighted by Gasteiger charge is -2.40. The predicted octanol–water partition coefficient (Wildman–Crippen LogP) is 3.33. The van der Waals surface area contributed by atoms with Crippen LogP contribution in [0.4, 0.5) is 5.82 Å². The molecule has 37 heavy (non-hydrogen) atoms. The summed E-state index contributed by atoms with van der Waals surface area (Å²) >= 11 is 0. The fourth-order valence-corrected chi connectivity index (χ4v) is 6.23. The van der Waals surface area contributed by atoms with Crippen LogP contribution in [0.1, 0.15) is 71.4 Å². The number of carbonyl (C=O) groups excluding carboxylic acids is 2. The van der Waals surface area contributed by atoms with Crippen LogP contribution in [0.15, 0.2) is 30.5 Å². The Morgan fingerprint density at radius 1 is 1.08 bits per heavy atom. The lowest BCUT2D eigenvalue weighted by atomic mass is 9.96. The van der Waals surface area contributed by atoms with E-state index in [1.54, 1.807) is 6.20 Å². The SMILES string of the molecule is CCN(CC)CCNC(=O)c1ccc(N2C3CCC2CC(NC(=O)c2ccc4c(c2C)OCC4)C3)nc1. The normalized spacial score (nSPS) is 22.1. The van der Waals surface area contributed by atoms with Crippen LogP contribution >= 0.6 is 0 Å². The van der Waals surface area contributed by atoms with Crippen molar-refractivity contribution >= 4 is 17.6 Å². The molecule has 2 aromatic rings. The highest BCUT2D eigenvalue weighted by molar-refractivity contribution is 5.96. The Hall–Kier alpha value is -3.13. The van der Waals surface area contributed by atoms with Gasteiger partial charge < -0.3 is 25.2 Å². The van der Waals surface area contributed by atoms with Gasteiger partial charge in [-0.3, -0.25) is 9.59 Å². The molecule has 0 spiro atoms. The molecule has 2 fully saturated rings. The maximum absolute atomic E-state index is 13.1. The van der Waals surface area contributed by atoms with Crippen molar-refractivity contribution in [3.05, 3.63) is 52.7 Å². The van der Waals surface area contributed by atoms with Gasteiger partial charge in [0.25, 0.3) is 11.8 Å². The second kappa shape index (κ2) is 11.1. The van der Waals surface area contributed by atoms with Crippen molar-refractivity contribution in [2.75, 3.05) is 37.7 Å². The molecular formula is C29H39N5O3. The fourth-order valence-electron chi connectivity index (χ4n) is 6.23. The minimum Gasteiger partial charge on any atom is -0.493 e. The molecule has 0 radical (unpaired) electrons. The Labute approximate surface area is 219 Å². The maximum Gasteiger partial charge on any atom is 0.252 e. The molecule has 2 atom stereocenters. The second-order valence-electron chi connectivity index (χ2n) is 10.4. The highest BCUT2D eigenvalue weighted by Gasteiger charge is 2.42. The Morgan fingerprint density at radius 2 is 1.84 bits per heavy atom. The number of fused-ring (bicyclic) bond motifs is 3. The van der Waals surface area contributed by atoms with E-state index in [-0.39, 0.29) is 17.9 Å². The molecule has 0 aliphatic carbocycles. The van der Waals surface area contributed by atoms with Gasteiger partial charge in [0.05, 0.1) is 12.2 Å². The molecule has 2 N–H and O–H groups in total. The number of aromatic nitrogens is 1. The summed E-state index contributed by atoms with van der Waals surface area (Å²) in [6.45, 7) is 10.4. The standard InChI is InChI=1S/C29H39N5O3/c1-4-33(5-2)14-13-30-28(35)21-7-11-26(31-18-21)34-23-8-9-24(34)17-22(16-23)32-29(36)25-10-6-20-12-15-37-27(20)19(25)3/h6-7,10-11,18,22-24H,4-5,8-9,12-17H2,1-3H3,(H,30,35)(H,32,36). The summed E-state index contributed by atoms with van der Waals surface area (Å²) in [5, 5.41) is 6.30. The van der Waals surface area contributed by atoms with E-state index in [1.807, 2.05) is 31.2 Å². The van der Waals surface area contributed by atoms with E-state index >= 15 is 0 Å². The Bertz CT molecular complexity index is 1120. The molecule has 198 valence electrons. The van der Waals surface area contributed by atoms with Gasteiger partial charge in [0, 0.05) is 55.0 Å². The van der Waals surface area contributed by atoms with E-state index in [0.717, 1.165) is 68.9 Å². The first-order valence-electron chi connectivity index (χ1n) is 13.8. The fraction of sp³-hybridized carbons (Fsp3) is 0.552. The molecule has 1 aromatic carbocycles. The summed E-state index contributed by atoms with van der Waals surface area (Å²) in [5.41, 5.74) is 3.43. The number of hydrogen-bond donors (Lipinski definition) is 2. The molecular weight excluding hydrogens is 466 g/mol. The van der Waals surface area contributed by atoms with Crippen molar-refractivity contribution in [3.63, 3.8) is 0 Å². The summed E-state index contributed by atoms with van der Waals surface area (Å²) < 4.78 is 5.76. The largest absolute Gasteiger partial charge is 0.493 e. The summed E-state index contributed by atoms with van der Waals surface area (Å²) in [7, 11) is 0. The third-order valence-electron chi connectivity index (χ3n) is 8.30. The number of pyridine rings is 1. The molecule has 1 aromatic heterocycles. The van der Waals surface area contributed by atoms with Crippen LogP contribution in [0.2, 0.25) is 0 Å². The number of ether oxygens (including phenoxy) is 1. The predicted molar refractivity (Wildman–Crippen MR) is 145 cm³/mol. The average Bonchev–Trinajstić information content (AvgIpc) is 3.49. The van der Waals surface area contributed by atoms with Crippen LogP contribution in [-0.2, 0) is 6.42 Å². The lowest BCUT2D eigenvalue weighted by molar-refractivity contribution is 0.0923. The first kappa shape index (κ1) is 25.5. The van der Waals surface area contributed by atoms with E-state index < -0.39 is 0 Å². The smallest absolute Gasteiger partial charge is 0.252 e. The van der Waals surface area contributed by atoms with Crippen molar-refractivity contribution in [2.45, 2.75) is 71.0 Å². The number of benzene rings is 1.